The molecule has 23 heteroatoms. The number of phenolic OH excluding ortho intramolecular Hbond substituents is 1. The first kappa shape index (κ1) is 67.1. The fourth-order valence-corrected chi connectivity index (χ4v) is 6.62. The van der Waals surface area contributed by atoms with E-state index in [1.807, 2.05) is 60.7 Å². The number of furan rings is 1. The molecule has 0 spiro atoms. The van der Waals surface area contributed by atoms with Gasteiger partial charge in [0.25, 0.3) is 0 Å². The number of ether oxygens (including phenoxy) is 9. The van der Waals surface area contributed by atoms with Crippen molar-refractivity contribution in [2.75, 3.05) is 66.8 Å². The molecule has 6 aromatic carbocycles. The highest BCUT2D eigenvalue weighted by molar-refractivity contribution is 6.26. The van der Waals surface area contributed by atoms with Crippen LogP contribution >= 0.6 is 11.6 Å². The molecule has 7 aromatic rings. The summed E-state index contributed by atoms with van der Waals surface area (Å²) in [5.74, 6) is -2.03. The monoisotopic (exact) mass is 1170 g/mol. The highest BCUT2D eigenvalue weighted by Crippen LogP contribution is 2.28. The Balaban J connectivity index is 0.000000257. The Kier molecular flexibility index (Phi) is 29.8. The minimum Gasteiger partial charge on any atom is -0.507 e. The second kappa shape index (κ2) is 36.9. The van der Waals surface area contributed by atoms with Gasteiger partial charge in [0.2, 0.25) is 5.78 Å². The van der Waals surface area contributed by atoms with Gasteiger partial charge in [-0.1, -0.05) is 72.8 Å². The van der Waals surface area contributed by atoms with Gasteiger partial charge >= 0.3 is 41.8 Å². The molecule has 0 saturated heterocycles. The number of rotatable bonds is 13. The van der Waals surface area contributed by atoms with Crippen LogP contribution in [0.25, 0.3) is 11.0 Å². The number of hydrogen-bond acceptors (Lipinski definition) is 20. The number of fused-ring (bicyclic) bond motifs is 3. The summed E-state index contributed by atoms with van der Waals surface area (Å²) in [7, 11) is 4.35. The van der Waals surface area contributed by atoms with Crippen molar-refractivity contribution >= 4 is 75.9 Å². The van der Waals surface area contributed by atoms with Crippen molar-refractivity contribution in [2.24, 2.45) is 4.99 Å². The Bertz CT molecular complexity index is 3300. The van der Waals surface area contributed by atoms with Gasteiger partial charge in [-0.25, -0.2) is 24.0 Å². The average Bonchev–Trinajstić information content (AvgIpc) is 4.28. The first-order chi connectivity index (χ1) is 39.9. The van der Waals surface area contributed by atoms with Crippen molar-refractivity contribution in [3.8, 4) is 34.5 Å². The number of carboxylic acid groups (broad SMARTS) is 2. The van der Waals surface area contributed by atoms with E-state index in [1.165, 1.54) is 57.7 Å². The topological polar surface area (TPSA) is 306 Å². The summed E-state index contributed by atoms with van der Waals surface area (Å²) >= 11 is 5.06. The van der Waals surface area contributed by atoms with Crippen LogP contribution in [-0.4, -0.2) is 135 Å². The van der Waals surface area contributed by atoms with E-state index in [-0.39, 0.29) is 65.0 Å². The van der Waals surface area contributed by atoms with Crippen molar-refractivity contribution in [2.45, 2.75) is 20.8 Å². The minimum atomic E-state index is -1.15. The number of benzene rings is 6. The van der Waals surface area contributed by atoms with Crippen molar-refractivity contribution < 1.29 is 101 Å². The molecule has 2 aliphatic rings. The zero-order chi connectivity index (χ0) is 61.1. The Morgan fingerprint density at radius 1 is 0.590 bits per heavy atom. The van der Waals surface area contributed by atoms with Crippen molar-refractivity contribution in [1.29, 1.82) is 0 Å². The first-order valence-electron chi connectivity index (χ1n) is 24.7. The standard InChI is InChI=1S/C12H14O5.C10H8O3.C9H9NO.C9H8O5.C8H8O3.C8H6O2.C4H7ClO2/c1-3-16-11(13)8-17-10-7-5-4-6-9(10)12(14)15-2;1-7(11)13-10-6-12-9-5-3-2-4-8(9)10;1-10-8-6-11-9-5-3-2-4-7(8)9;10-8(11)5-14-7-4-2-1-3-6(7)9(12)13;1-11-8(10)6-4-2-3-5-7(6)9;9-7-5-10-8-4-2-1-3-6(7)8;1-2-7-4(6)3-5/h4-7H,3,8H2,1-2H3;2-6H,1H3;2-5H,6H2,1H3;1-4H,5H2,(H,10,11)(H,12,13);2-5,9H,1H3;1-4H,5H2;2-3H2,1H3. The van der Waals surface area contributed by atoms with Crippen LogP contribution in [0.15, 0.2) is 161 Å². The van der Waals surface area contributed by atoms with Crippen LogP contribution in [0.1, 0.15) is 67.8 Å². The Labute approximate surface area is 481 Å². The molecule has 0 fully saturated rings. The number of carboxylic acids is 2. The van der Waals surface area contributed by atoms with Gasteiger partial charge in [-0.3, -0.25) is 19.4 Å². The Morgan fingerprint density at radius 2 is 1.08 bits per heavy atom. The molecule has 3 heterocycles. The second-order valence-corrected chi connectivity index (χ2v) is 16.1. The number of esters is 5. The highest BCUT2D eigenvalue weighted by Gasteiger charge is 2.20. The summed E-state index contributed by atoms with van der Waals surface area (Å²) < 4.78 is 48.7. The molecule has 22 nitrogen and oxygen atoms in total. The number of para-hydroxylation sites is 6. The summed E-state index contributed by atoms with van der Waals surface area (Å²) in [6.45, 7) is 5.56. The van der Waals surface area contributed by atoms with Crippen LogP contribution in [-0.2, 0) is 38.1 Å². The number of carbonyl (C=O) groups excluding carboxylic acids is 6. The van der Waals surface area contributed by atoms with Gasteiger partial charge in [0.1, 0.15) is 69.8 Å². The van der Waals surface area contributed by atoms with Gasteiger partial charge in [-0.2, -0.15) is 0 Å². The second-order valence-electron chi connectivity index (χ2n) is 15.9. The molecule has 9 rings (SSSR count). The molecule has 0 aliphatic carbocycles. The van der Waals surface area contributed by atoms with Crippen molar-refractivity contribution in [3.05, 3.63) is 180 Å². The van der Waals surface area contributed by atoms with E-state index in [0.29, 0.717) is 42.6 Å². The van der Waals surface area contributed by atoms with E-state index in [2.05, 4.69) is 19.2 Å². The van der Waals surface area contributed by atoms with E-state index >= 15 is 0 Å². The van der Waals surface area contributed by atoms with Gasteiger partial charge in [0.15, 0.2) is 25.6 Å². The molecule has 1 aromatic heterocycles. The third-order valence-corrected chi connectivity index (χ3v) is 10.4. The Morgan fingerprint density at radius 3 is 1.64 bits per heavy atom. The lowest BCUT2D eigenvalue weighted by Gasteiger charge is -2.09. The summed E-state index contributed by atoms with van der Waals surface area (Å²) in [6, 6.07) is 41.3. The number of aromatic hydroxyl groups is 1. The van der Waals surface area contributed by atoms with Crippen LogP contribution in [0.3, 0.4) is 0 Å². The minimum absolute atomic E-state index is 0.0475. The van der Waals surface area contributed by atoms with Crippen LogP contribution in [0.4, 0.5) is 0 Å². The molecule has 0 atom stereocenters. The molecule has 0 saturated carbocycles. The van der Waals surface area contributed by atoms with Gasteiger partial charge in [0.05, 0.1) is 44.1 Å². The molecule has 438 valence electrons. The lowest BCUT2D eigenvalue weighted by Crippen LogP contribution is -2.16. The molecule has 83 heavy (non-hydrogen) atoms. The molecular formula is C60H60ClNO21. The highest BCUT2D eigenvalue weighted by atomic mass is 35.5. The van der Waals surface area contributed by atoms with Crippen LogP contribution in [0.5, 0.6) is 34.5 Å². The SMILES string of the molecule is CC(=O)Oc1coc2ccccc12.CCOC(=O)CCl.CCOC(=O)COc1ccccc1C(=O)OC.CN=C1COc2ccccc21.COC(=O)c1ccccc1O.O=C(O)COc1ccccc1C(=O)O.O=C1COc2ccccc21. The number of aliphatic carboxylic acids is 1. The van der Waals surface area contributed by atoms with E-state index in [1.54, 1.807) is 75.5 Å². The normalized spacial score (nSPS) is 11.2. The van der Waals surface area contributed by atoms with Crippen LogP contribution in [0.2, 0.25) is 0 Å². The first-order valence-corrected chi connectivity index (χ1v) is 25.2. The van der Waals surface area contributed by atoms with Gasteiger partial charge < -0.3 is 62.4 Å². The number of methoxy groups -OCH3 is 2. The maximum Gasteiger partial charge on any atom is 0.344 e. The lowest BCUT2D eigenvalue weighted by molar-refractivity contribution is -0.145. The predicted molar refractivity (Wildman–Crippen MR) is 301 cm³/mol. The summed E-state index contributed by atoms with van der Waals surface area (Å²) in [5.41, 5.74) is 4.03. The molecule has 3 N–H and O–H groups in total. The maximum atomic E-state index is 11.4. The van der Waals surface area contributed by atoms with Crippen LogP contribution < -0.4 is 23.7 Å². The molecule has 0 bridgehead atoms. The maximum absolute atomic E-state index is 11.4. The number of aliphatic imine (C=N–C) groups is 1. The van der Waals surface area contributed by atoms with E-state index in [9.17, 15) is 38.4 Å². The lowest BCUT2D eigenvalue weighted by atomic mass is 10.1. The van der Waals surface area contributed by atoms with Gasteiger partial charge in [0, 0.05) is 19.5 Å². The summed E-state index contributed by atoms with van der Waals surface area (Å²) in [5, 5.41) is 27.0. The van der Waals surface area contributed by atoms with Crippen molar-refractivity contribution in [1.82, 2.24) is 0 Å². The fourth-order valence-electron chi connectivity index (χ4n) is 6.55. The molecule has 0 radical (unpaired) electrons. The number of hydrogen-bond donors (Lipinski definition) is 3. The number of phenols is 1. The third-order valence-electron chi connectivity index (χ3n) is 10.2. The molecule has 0 unspecified atom stereocenters. The van der Waals surface area contributed by atoms with E-state index < -0.39 is 36.5 Å². The number of Topliss-reactive ketones (excluding diaryl/α,β-unsaturated/α-hetero) is 1. The van der Waals surface area contributed by atoms with Gasteiger partial charge in [-0.15, -0.1) is 11.6 Å². The molecule has 0 amide bonds. The molecular weight excluding hydrogens is 1110 g/mol. The van der Waals surface area contributed by atoms with E-state index in [0.717, 1.165) is 28.0 Å². The smallest absolute Gasteiger partial charge is 0.344 e. The number of ketones is 1. The largest absolute Gasteiger partial charge is 0.507 e. The number of halogens is 1. The average molecular weight is 1170 g/mol. The number of nitrogens with zero attached hydrogens (tertiary/aromatic N) is 1. The van der Waals surface area contributed by atoms with Crippen LogP contribution in [0, 0.1) is 0 Å². The summed E-state index contributed by atoms with van der Waals surface area (Å²) in [4.78, 5) is 90.0. The molecule has 2 aliphatic heterocycles. The summed E-state index contributed by atoms with van der Waals surface area (Å²) in [6.07, 6.45) is 1.44. The van der Waals surface area contributed by atoms with E-state index in [4.69, 9.17) is 59.8 Å². The predicted octanol–water partition coefficient (Wildman–Crippen LogP) is 9.35. The Hall–Kier alpha value is -10.2. The van der Waals surface area contributed by atoms with Gasteiger partial charge in [-0.05, 0) is 86.6 Å². The zero-order valence-corrected chi connectivity index (χ0v) is 46.7. The number of carbonyl (C=O) groups is 8. The zero-order valence-electron chi connectivity index (χ0n) is 45.9. The fraction of sp³-hybridized carbons (Fsp3) is 0.217. The quantitative estimate of drug-likeness (QED) is 0.0550. The van der Waals surface area contributed by atoms with Crippen molar-refractivity contribution in [3.63, 3.8) is 0 Å². The number of alkyl halides is 1. The number of aromatic carboxylic acids is 1. The third kappa shape index (κ3) is 23.2.